The predicted molar refractivity (Wildman–Crippen MR) is 87.1 cm³/mol. The molecule has 0 aromatic heterocycles. The van der Waals surface area contributed by atoms with Crippen LogP contribution >= 0.6 is 0 Å². The largest absolute Gasteiger partial charge is 0.355 e. The maximum atomic E-state index is 11.9. The van der Waals surface area contributed by atoms with Crippen molar-refractivity contribution in [3.8, 4) is 0 Å². The third-order valence-electron chi connectivity index (χ3n) is 5.34. The highest BCUT2D eigenvalue weighted by atomic mass is 16.1. The van der Waals surface area contributed by atoms with Crippen LogP contribution in [0.25, 0.3) is 0 Å². The van der Waals surface area contributed by atoms with Crippen molar-refractivity contribution in [2.75, 3.05) is 20.1 Å². The molecule has 2 unspecified atom stereocenters. The first-order valence-corrected chi connectivity index (χ1v) is 8.87. The van der Waals surface area contributed by atoms with E-state index in [-0.39, 0.29) is 5.91 Å². The van der Waals surface area contributed by atoms with Crippen LogP contribution in [0.2, 0.25) is 0 Å². The highest BCUT2D eigenvalue weighted by molar-refractivity contribution is 5.75. The molecule has 0 heterocycles. The Kier molecular flexibility index (Phi) is 6.97. The van der Waals surface area contributed by atoms with Gasteiger partial charge >= 0.3 is 0 Å². The van der Waals surface area contributed by atoms with Crippen LogP contribution in [0.5, 0.6) is 0 Å². The number of nitrogens with zero attached hydrogens (tertiary/aromatic N) is 1. The van der Waals surface area contributed by atoms with E-state index in [2.05, 4.69) is 17.3 Å². The topological polar surface area (TPSA) is 58.4 Å². The van der Waals surface area contributed by atoms with Crippen LogP contribution < -0.4 is 11.1 Å². The normalized spacial score (nSPS) is 27.2. The fourth-order valence-corrected chi connectivity index (χ4v) is 3.92. The quantitative estimate of drug-likeness (QED) is 0.757. The van der Waals surface area contributed by atoms with Crippen LogP contribution in [0.3, 0.4) is 0 Å². The summed E-state index contributed by atoms with van der Waals surface area (Å²) in [7, 11) is 2.19. The van der Waals surface area contributed by atoms with Gasteiger partial charge in [0.15, 0.2) is 0 Å². The molecule has 4 heteroatoms. The first-order chi connectivity index (χ1) is 10.1. The van der Waals surface area contributed by atoms with E-state index in [0.29, 0.717) is 18.4 Å². The number of hydrogen-bond acceptors (Lipinski definition) is 3. The summed E-state index contributed by atoms with van der Waals surface area (Å²) < 4.78 is 0. The van der Waals surface area contributed by atoms with E-state index in [1.54, 1.807) is 0 Å². The van der Waals surface area contributed by atoms with E-state index >= 15 is 0 Å². The molecule has 2 aliphatic rings. The minimum atomic E-state index is 0.217. The van der Waals surface area contributed by atoms with Gasteiger partial charge in [0.25, 0.3) is 0 Å². The highest BCUT2D eigenvalue weighted by Gasteiger charge is 2.20. The zero-order valence-electron chi connectivity index (χ0n) is 13.7. The second kappa shape index (κ2) is 8.74. The summed E-state index contributed by atoms with van der Waals surface area (Å²) in [5, 5.41) is 3.08. The fourth-order valence-electron chi connectivity index (χ4n) is 3.92. The summed E-state index contributed by atoms with van der Waals surface area (Å²) in [5.41, 5.74) is 6.00. The van der Waals surface area contributed by atoms with Gasteiger partial charge in [-0.2, -0.15) is 0 Å². The Labute approximate surface area is 129 Å². The van der Waals surface area contributed by atoms with Crippen molar-refractivity contribution in [2.24, 2.45) is 11.7 Å². The first kappa shape index (κ1) is 16.8. The van der Waals surface area contributed by atoms with E-state index in [1.807, 2.05) is 0 Å². The van der Waals surface area contributed by atoms with Gasteiger partial charge < -0.3 is 16.0 Å². The Hall–Kier alpha value is -0.610. The molecule has 2 fully saturated rings. The van der Waals surface area contributed by atoms with Crippen LogP contribution in [0.15, 0.2) is 0 Å². The molecule has 0 aliphatic heterocycles. The average Bonchev–Trinajstić information content (AvgIpc) is 2.99. The average molecular weight is 295 g/mol. The van der Waals surface area contributed by atoms with Crippen molar-refractivity contribution in [1.82, 2.24) is 10.2 Å². The van der Waals surface area contributed by atoms with Gasteiger partial charge in [-0.05, 0) is 45.1 Å². The summed E-state index contributed by atoms with van der Waals surface area (Å²) in [6.45, 7) is 1.76. The third-order valence-corrected chi connectivity index (χ3v) is 5.34. The van der Waals surface area contributed by atoms with Gasteiger partial charge in [-0.1, -0.05) is 25.7 Å². The second-order valence-electron chi connectivity index (χ2n) is 7.10. The van der Waals surface area contributed by atoms with Gasteiger partial charge in [-0.3, -0.25) is 4.79 Å². The molecule has 122 valence electrons. The molecule has 0 saturated heterocycles. The number of nitrogens with two attached hydrogens (primary N) is 1. The van der Waals surface area contributed by atoms with E-state index in [0.717, 1.165) is 38.4 Å². The summed E-state index contributed by atoms with van der Waals surface area (Å²) in [4.78, 5) is 14.3. The Morgan fingerprint density at radius 1 is 1.19 bits per heavy atom. The molecular formula is C17H33N3O. The van der Waals surface area contributed by atoms with Gasteiger partial charge in [0, 0.05) is 31.6 Å². The summed E-state index contributed by atoms with van der Waals surface area (Å²) >= 11 is 0. The SMILES string of the molecule is CN(CCNC(=O)CCC1CCCC(N)C1)C1CCCC1. The number of carbonyl (C=O) groups is 1. The molecule has 0 radical (unpaired) electrons. The Morgan fingerprint density at radius 3 is 2.67 bits per heavy atom. The van der Waals surface area contributed by atoms with E-state index in [1.165, 1.54) is 38.5 Å². The monoisotopic (exact) mass is 295 g/mol. The summed E-state index contributed by atoms with van der Waals surface area (Å²) in [6.07, 6.45) is 11.8. The second-order valence-corrected chi connectivity index (χ2v) is 7.10. The van der Waals surface area contributed by atoms with Crippen molar-refractivity contribution in [2.45, 2.75) is 76.3 Å². The summed E-state index contributed by atoms with van der Waals surface area (Å²) in [5.74, 6) is 0.884. The van der Waals surface area contributed by atoms with Crippen molar-refractivity contribution in [1.29, 1.82) is 0 Å². The standard InChI is InChI=1S/C17H33N3O/c1-20(16-7-2-3-8-16)12-11-19-17(21)10-9-14-5-4-6-15(18)13-14/h14-16H,2-13,18H2,1H3,(H,19,21). The molecule has 2 saturated carbocycles. The first-order valence-electron chi connectivity index (χ1n) is 8.87. The van der Waals surface area contributed by atoms with Gasteiger partial charge in [-0.15, -0.1) is 0 Å². The number of hydrogen-bond donors (Lipinski definition) is 2. The molecule has 2 rings (SSSR count). The van der Waals surface area contributed by atoms with Gasteiger partial charge in [0.1, 0.15) is 0 Å². The number of amides is 1. The lowest BCUT2D eigenvalue weighted by Gasteiger charge is -2.26. The molecule has 0 aromatic carbocycles. The third kappa shape index (κ3) is 5.95. The maximum Gasteiger partial charge on any atom is 0.220 e. The lowest BCUT2D eigenvalue weighted by atomic mass is 9.83. The molecule has 21 heavy (non-hydrogen) atoms. The molecule has 1 amide bonds. The Morgan fingerprint density at radius 2 is 1.95 bits per heavy atom. The molecule has 0 spiro atoms. The smallest absolute Gasteiger partial charge is 0.220 e. The van der Waals surface area contributed by atoms with Crippen LogP contribution in [0, 0.1) is 5.92 Å². The van der Waals surface area contributed by atoms with Crippen LogP contribution in [-0.4, -0.2) is 43.0 Å². The predicted octanol–water partition coefficient (Wildman–Crippen LogP) is 2.27. The molecule has 2 atom stereocenters. The van der Waals surface area contributed by atoms with Gasteiger partial charge in [-0.25, -0.2) is 0 Å². The number of rotatable bonds is 7. The van der Waals surface area contributed by atoms with Crippen molar-refractivity contribution >= 4 is 5.91 Å². The minimum Gasteiger partial charge on any atom is -0.355 e. The highest BCUT2D eigenvalue weighted by Crippen LogP contribution is 2.26. The Balaban J connectivity index is 1.53. The number of likely N-dealkylation sites (N-methyl/N-ethyl adjacent to an activating group) is 1. The fraction of sp³-hybridized carbons (Fsp3) is 0.941. The van der Waals surface area contributed by atoms with E-state index in [4.69, 9.17) is 5.73 Å². The number of carbonyl (C=O) groups excluding carboxylic acids is 1. The van der Waals surface area contributed by atoms with Crippen molar-refractivity contribution in [3.05, 3.63) is 0 Å². The summed E-state index contributed by atoms with van der Waals surface area (Å²) in [6, 6.07) is 1.11. The zero-order chi connectivity index (χ0) is 15.1. The van der Waals surface area contributed by atoms with Crippen molar-refractivity contribution < 1.29 is 4.79 Å². The van der Waals surface area contributed by atoms with E-state index < -0.39 is 0 Å². The maximum absolute atomic E-state index is 11.9. The lowest BCUT2D eigenvalue weighted by Crippen LogP contribution is -2.37. The lowest BCUT2D eigenvalue weighted by molar-refractivity contribution is -0.121. The molecule has 0 aromatic rings. The minimum absolute atomic E-state index is 0.217. The van der Waals surface area contributed by atoms with Crippen molar-refractivity contribution in [3.63, 3.8) is 0 Å². The van der Waals surface area contributed by atoms with Crippen LogP contribution in [0.1, 0.15) is 64.2 Å². The molecule has 0 bridgehead atoms. The van der Waals surface area contributed by atoms with Crippen LogP contribution in [-0.2, 0) is 4.79 Å². The van der Waals surface area contributed by atoms with Crippen LogP contribution in [0.4, 0.5) is 0 Å². The molecule has 3 N–H and O–H groups in total. The zero-order valence-corrected chi connectivity index (χ0v) is 13.7. The van der Waals surface area contributed by atoms with Gasteiger partial charge in [0.2, 0.25) is 5.91 Å². The molecule has 4 nitrogen and oxygen atoms in total. The Bertz CT molecular complexity index is 315. The number of nitrogens with one attached hydrogen (secondary N) is 1. The molecular weight excluding hydrogens is 262 g/mol. The molecule has 2 aliphatic carbocycles. The van der Waals surface area contributed by atoms with Gasteiger partial charge in [0.05, 0.1) is 0 Å². The van der Waals surface area contributed by atoms with E-state index in [9.17, 15) is 4.79 Å².